The lowest BCUT2D eigenvalue weighted by Crippen LogP contribution is -2.45. The molecule has 1 aromatic rings. The number of aromatic nitrogens is 1. The van der Waals surface area contributed by atoms with Crippen molar-refractivity contribution in [1.29, 1.82) is 0 Å². The highest BCUT2D eigenvalue weighted by Crippen LogP contribution is 2.17. The molecule has 1 unspecified atom stereocenters. The molecule has 1 aliphatic heterocycles. The van der Waals surface area contributed by atoms with Crippen LogP contribution in [0.4, 0.5) is 5.82 Å². The fraction of sp³-hybridized carbons (Fsp3) is 0.667. The van der Waals surface area contributed by atoms with E-state index in [2.05, 4.69) is 56.1 Å². The van der Waals surface area contributed by atoms with Gasteiger partial charge in [-0.2, -0.15) is 0 Å². The number of nitrogens with zero attached hydrogens (tertiary/aromatic N) is 3. The summed E-state index contributed by atoms with van der Waals surface area (Å²) in [6, 6.07) is 4.53. The van der Waals surface area contributed by atoms with Crippen molar-refractivity contribution in [2.75, 3.05) is 45.1 Å². The summed E-state index contributed by atoms with van der Waals surface area (Å²) in [5.41, 5.74) is 1.03. The van der Waals surface area contributed by atoms with Crippen molar-refractivity contribution in [3.63, 3.8) is 0 Å². The minimum absolute atomic E-state index is 0.447. The second-order valence-electron chi connectivity index (χ2n) is 5.74. The van der Waals surface area contributed by atoms with Gasteiger partial charge >= 0.3 is 0 Å². The van der Waals surface area contributed by atoms with Crippen molar-refractivity contribution >= 4 is 21.7 Å². The van der Waals surface area contributed by atoms with Gasteiger partial charge in [0.15, 0.2) is 0 Å². The van der Waals surface area contributed by atoms with E-state index in [-0.39, 0.29) is 0 Å². The van der Waals surface area contributed by atoms with Crippen molar-refractivity contribution in [3.05, 3.63) is 22.3 Å². The van der Waals surface area contributed by atoms with Gasteiger partial charge in [-0.05, 0) is 55.4 Å². The fourth-order valence-electron chi connectivity index (χ4n) is 2.40. The molecule has 1 saturated heterocycles. The lowest BCUT2D eigenvalue weighted by atomic mass is 10.2. The van der Waals surface area contributed by atoms with E-state index in [1.807, 2.05) is 13.0 Å². The first kappa shape index (κ1) is 15.7. The van der Waals surface area contributed by atoms with Gasteiger partial charge in [0.05, 0.1) is 5.69 Å². The summed E-state index contributed by atoms with van der Waals surface area (Å²) in [6.07, 6.45) is 1.15. The number of nitrogens with one attached hydrogen (secondary N) is 1. The average molecular weight is 341 g/mol. The van der Waals surface area contributed by atoms with Crippen LogP contribution in [0.15, 0.2) is 16.6 Å². The van der Waals surface area contributed by atoms with Gasteiger partial charge in [-0.15, -0.1) is 0 Å². The van der Waals surface area contributed by atoms with E-state index in [1.54, 1.807) is 0 Å². The fourth-order valence-corrected chi connectivity index (χ4v) is 2.62. The van der Waals surface area contributed by atoms with Crippen LogP contribution in [0.3, 0.4) is 0 Å². The van der Waals surface area contributed by atoms with Gasteiger partial charge in [0.25, 0.3) is 0 Å². The van der Waals surface area contributed by atoms with Crippen LogP contribution < -0.4 is 5.32 Å². The van der Waals surface area contributed by atoms with Crippen molar-refractivity contribution in [1.82, 2.24) is 14.8 Å². The predicted molar refractivity (Wildman–Crippen MR) is 88.3 cm³/mol. The van der Waals surface area contributed by atoms with Crippen molar-refractivity contribution < 1.29 is 0 Å². The van der Waals surface area contributed by atoms with E-state index in [1.165, 1.54) is 26.2 Å². The van der Waals surface area contributed by atoms with Gasteiger partial charge in [-0.3, -0.25) is 0 Å². The van der Waals surface area contributed by atoms with E-state index in [9.17, 15) is 0 Å². The Bertz CT molecular complexity index is 430. The molecule has 5 heteroatoms. The maximum Gasteiger partial charge on any atom is 0.126 e. The van der Waals surface area contributed by atoms with E-state index in [4.69, 9.17) is 0 Å². The summed E-state index contributed by atoms with van der Waals surface area (Å²) in [7, 11) is 2.20. The summed E-state index contributed by atoms with van der Waals surface area (Å²) < 4.78 is 1.06. The third-order valence-corrected chi connectivity index (χ3v) is 4.73. The van der Waals surface area contributed by atoms with Gasteiger partial charge in [-0.25, -0.2) is 4.98 Å². The molecule has 0 radical (unpaired) electrons. The van der Waals surface area contributed by atoms with Crippen LogP contribution in [0.2, 0.25) is 0 Å². The summed E-state index contributed by atoms with van der Waals surface area (Å²) in [4.78, 5) is 9.49. The number of anilines is 1. The number of aryl methyl sites for hydroxylation is 1. The van der Waals surface area contributed by atoms with E-state index >= 15 is 0 Å². The number of hydrogen-bond donors (Lipinski definition) is 1. The van der Waals surface area contributed by atoms with Crippen molar-refractivity contribution in [2.24, 2.45) is 0 Å². The smallest absolute Gasteiger partial charge is 0.126 e. The Morgan fingerprint density at radius 3 is 2.65 bits per heavy atom. The van der Waals surface area contributed by atoms with Crippen molar-refractivity contribution in [3.8, 4) is 0 Å². The number of pyridine rings is 1. The number of rotatable bonds is 5. The number of hydrogen-bond acceptors (Lipinski definition) is 4. The van der Waals surface area contributed by atoms with Gasteiger partial charge in [-0.1, -0.05) is 0 Å². The second kappa shape index (κ2) is 7.38. The first-order chi connectivity index (χ1) is 9.54. The molecule has 2 rings (SSSR count). The molecular weight excluding hydrogens is 316 g/mol. The molecule has 0 spiro atoms. The van der Waals surface area contributed by atoms with E-state index in [0.29, 0.717) is 6.04 Å². The molecule has 2 heterocycles. The van der Waals surface area contributed by atoms with Crippen LogP contribution in [0.1, 0.15) is 19.0 Å². The molecule has 0 aromatic carbocycles. The molecule has 0 saturated carbocycles. The molecule has 1 aromatic heterocycles. The number of likely N-dealkylation sites (N-methyl/N-ethyl adjacent to an activating group) is 1. The second-order valence-corrected chi connectivity index (χ2v) is 6.60. The lowest BCUT2D eigenvalue weighted by molar-refractivity contribution is 0.151. The van der Waals surface area contributed by atoms with Crippen LogP contribution in [-0.2, 0) is 0 Å². The molecule has 1 aliphatic rings. The van der Waals surface area contributed by atoms with Gasteiger partial charge in [0, 0.05) is 43.2 Å². The van der Waals surface area contributed by atoms with Crippen LogP contribution in [0.25, 0.3) is 0 Å². The van der Waals surface area contributed by atoms with Crippen LogP contribution in [0, 0.1) is 6.92 Å². The Labute approximate surface area is 130 Å². The SMILES string of the molecule is Cc1nc(NC(C)CCN2CCN(C)CC2)ccc1Br. The molecule has 0 amide bonds. The standard InChI is InChI=1S/C15H25BrN4/c1-12(6-7-20-10-8-19(3)9-11-20)17-15-5-4-14(16)13(2)18-15/h4-5,12H,6-11H2,1-3H3,(H,17,18). The third kappa shape index (κ3) is 4.72. The zero-order chi connectivity index (χ0) is 14.5. The summed E-state index contributed by atoms with van der Waals surface area (Å²) in [5.74, 6) is 0.969. The number of piperazine rings is 1. The average Bonchev–Trinajstić information content (AvgIpc) is 2.42. The molecule has 0 aliphatic carbocycles. The van der Waals surface area contributed by atoms with Crippen molar-refractivity contribution in [2.45, 2.75) is 26.3 Å². The Hall–Kier alpha value is -0.650. The van der Waals surface area contributed by atoms with Gasteiger partial charge in [0.2, 0.25) is 0 Å². The minimum atomic E-state index is 0.447. The van der Waals surface area contributed by atoms with E-state index in [0.717, 1.165) is 29.0 Å². The Balaban J connectivity index is 1.74. The Morgan fingerprint density at radius 2 is 2.00 bits per heavy atom. The molecule has 1 N–H and O–H groups in total. The lowest BCUT2D eigenvalue weighted by Gasteiger charge is -2.33. The van der Waals surface area contributed by atoms with Crippen LogP contribution in [-0.4, -0.2) is 60.6 Å². The first-order valence-corrected chi connectivity index (χ1v) is 8.14. The molecule has 112 valence electrons. The van der Waals surface area contributed by atoms with Crippen LogP contribution in [0.5, 0.6) is 0 Å². The normalized spacial score (nSPS) is 19.0. The highest BCUT2D eigenvalue weighted by molar-refractivity contribution is 9.10. The third-order valence-electron chi connectivity index (χ3n) is 3.89. The quantitative estimate of drug-likeness (QED) is 0.892. The zero-order valence-electron chi connectivity index (χ0n) is 12.7. The predicted octanol–water partition coefficient (Wildman–Crippen LogP) is 2.59. The highest BCUT2D eigenvalue weighted by atomic mass is 79.9. The molecule has 1 atom stereocenters. The Morgan fingerprint density at radius 1 is 1.30 bits per heavy atom. The highest BCUT2D eigenvalue weighted by Gasteiger charge is 2.14. The maximum atomic E-state index is 4.54. The monoisotopic (exact) mass is 340 g/mol. The molecular formula is C15H25BrN4. The van der Waals surface area contributed by atoms with Crippen LogP contribution >= 0.6 is 15.9 Å². The van der Waals surface area contributed by atoms with Gasteiger partial charge < -0.3 is 15.1 Å². The summed E-state index contributed by atoms with van der Waals surface area (Å²) in [5, 5.41) is 3.49. The Kier molecular flexibility index (Phi) is 5.81. The largest absolute Gasteiger partial charge is 0.368 e. The maximum absolute atomic E-state index is 4.54. The molecule has 4 nitrogen and oxygen atoms in total. The van der Waals surface area contributed by atoms with Gasteiger partial charge in [0.1, 0.15) is 5.82 Å². The first-order valence-electron chi connectivity index (χ1n) is 7.35. The topological polar surface area (TPSA) is 31.4 Å². The minimum Gasteiger partial charge on any atom is -0.368 e. The molecule has 0 bridgehead atoms. The summed E-state index contributed by atoms with van der Waals surface area (Å²) in [6.45, 7) is 10.2. The zero-order valence-corrected chi connectivity index (χ0v) is 14.3. The summed E-state index contributed by atoms with van der Waals surface area (Å²) >= 11 is 3.48. The number of halogens is 1. The molecule has 1 fully saturated rings. The molecule has 20 heavy (non-hydrogen) atoms. The van der Waals surface area contributed by atoms with E-state index < -0.39 is 0 Å².